The molecule has 1 aromatic rings. The van der Waals surface area contributed by atoms with Crippen molar-refractivity contribution in [2.75, 3.05) is 6.54 Å². The van der Waals surface area contributed by atoms with Gasteiger partial charge in [0.25, 0.3) is 0 Å². The lowest BCUT2D eigenvalue weighted by atomic mass is 9.96. The SMILES string of the molecule is CC(C)(C)Cn1ncc2c1CCN(C(=O)OC(C)(C)C)C2. The molecule has 1 aliphatic rings. The number of nitrogens with zero attached hydrogens (tertiary/aromatic N) is 3. The fourth-order valence-electron chi connectivity index (χ4n) is 2.46. The van der Waals surface area contributed by atoms with Gasteiger partial charge in [-0.05, 0) is 26.2 Å². The third-order valence-corrected chi connectivity index (χ3v) is 3.29. The Morgan fingerprint density at radius 3 is 2.52 bits per heavy atom. The lowest BCUT2D eigenvalue weighted by Crippen LogP contribution is -2.40. The largest absolute Gasteiger partial charge is 0.444 e. The molecule has 0 spiro atoms. The van der Waals surface area contributed by atoms with Crippen molar-refractivity contribution in [3.63, 3.8) is 0 Å². The van der Waals surface area contributed by atoms with Gasteiger partial charge in [-0.15, -0.1) is 0 Å². The van der Waals surface area contributed by atoms with E-state index in [0.29, 0.717) is 13.1 Å². The molecule has 0 aromatic carbocycles. The van der Waals surface area contributed by atoms with Gasteiger partial charge in [-0.25, -0.2) is 4.79 Å². The Hall–Kier alpha value is -1.52. The van der Waals surface area contributed by atoms with Crippen molar-refractivity contribution < 1.29 is 9.53 Å². The molecule has 2 heterocycles. The van der Waals surface area contributed by atoms with E-state index in [1.54, 1.807) is 4.90 Å². The van der Waals surface area contributed by atoms with E-state index in [4.69, 9.17) is 4.74 Å². The quantitative estimate of drug-likeness (QED) is 0.798. The maximum absolute atomic E-state index is 12.1. The smallest absolute Gasteiger partial charge is 0.410 e. The summed E-state index contributed by atoms with van der Waals surface area (Å²) < 4.78 is 7.52. The maximum atomic E-state index is 12.1. The normalized spacial score (nSPS) is 15.8. The van der Waals surface area contributed by atoms with Gasteiger partial charge in [-0.3, -0.25) is 4.68 Å². The monoisotopic (exact) mass is 293 g/mol. The van der Waals surface area contributed by atoms with E-state index in [1.165, 1.54) is 5.69 Å². The average molecular weight is 293 g/mol. The van der Waals surface area contributed by atoms with E-state index >= 15 is 0 Å². The molecular formula is C16H27N3O2. The molecule has 0 N–H and O–H groups in total. The van der Waals surface area contributed by atoms with E-state index in [1.807, 2.05) is 27.0 Å². The van der Waals surface area contributed by atoms with Crippen molar-refractivity contribution in [2.24, 2.45) is 5.41 Å². The lowest BCUT2D eigenvalue weighted by Gasteiger charge is -2.30. The highest BCUT2D eigenvalue weighted by Gasteiger charge is 2.28. The number of amides is 1. The molecule has 1 amide bonds. The van der Waals surface area contributed by atoms with Crippen molar-refractivity contribution >= 4 is 6.09 Å². The Kier molecular flexibility index (Phi) is 4.04. The number of hydrogen-bond acceptors (Lipinski definition) is 3. The predicted octanol–water partition coefficient (Wildman–Crippen LogP) is 3.22. The van der Waals surface area contributed by atoms with Gasteiger partial charge in [0, 0.05) is 30.8 Å². The third-order valence-electron chi connectivity index (χ3n) is 3.29. The van der Waals surface area contributed by atoms with Crippen LogP contribution >= 0.6 is 0 Å². The molecule has 0 saturated carbocycles. The first-order valence-corrected chi connectivity index (χ1v) is 7.57. The van der Waals surface area contributed by atoms with Gasteiger partial charge in [0.2, 0.25) is 0 Å². The van der Waals surface area contributed by atoms with Crippen LogP contribution in [0.25, 0.3) is 0 Å². The number of carbonyl (C=O) groups excluding carboxylic acids is 1. The molecule has 0 unspecified atom stereocenters. The average Bonchev–Trinajstić information content (AvgIpc) is 2.67. The minimum Gasteiger partial charge on any atom is -0.444 e. The molecule has 21 heavy (non-hydrogen) atoms. The lowest BCUT2D eigenvalue weighted by molar-refractivity contribution is 0.0222. The molecule has 0 saturated heterocycles. The van der Waals surface area contributed by atoms with Crippen LogP contribution in [0.5, 0.6) is 0 Å². The first-order chi connectivity index (χ1) is 9.55. The van der Waals surface area contributed by atoms with Crippen molar-refractivity contribution in [2.45, 2.75) is 66.7 Å². The van der Waals surface area contributed by atoms with Gasteiger partial charge >= 0.3 is 6.09 Å². The zero-order chi connectivity index (χ0) is 15.8. The molecule has 5 heteroatoms. The number of fused-ring (bicyclic) bond motifs is 1. The van der Waals surface area contributed by atoms with Crippen LogP contribution in [0.4, 0.5) is 4.79 Å². The molecule has 1 aromatic heterocycles. The highest BCUT2D eigenvalue weighted by atomic mass is 16.6. The van der Waals surface area contributed by atoms with E-state index in [2.05, 4.69) is 30.6 Å². The Balaban J connectivity index is 2.07. The summed E-state index contributed by atoms with van der Waals surface area (Å²) in [5.74, 6) is 0. The Morgan fingerprint density at radius 2 is 1.95 bits per heavy atom. The van der Waals surface area contributed by atoms with Crippen LogP contribution in [0, 0.1) is 5.41 Å². The van der Waals surface area contributed by atoms with E-state index in [9.17, 15) is 4.79 Å². The molecule has 5 nitrogen and oxygen atoms in total. The summed E-state index contributed by atoms with van der Waals surface area (Å²) in [5.41, 5.74) is 2.14. The number of aromatic nitrogens is 2. The number of rotatable bonds is 1. The van der Waals surface area contributed by atoms with Crippen molar-refractivity contribution in [1.29, 1.82) is 0 Å². The first kappa shape index (κ1) is 15.9. The fraction of sp³-hybridized carbons (Fsp3) is 0.750. The van der Waals surface area contributed by atoms with E-state index in [0.717, 1.165) is 18.5 Å². The Labute approximate surface area is 127 Å². The van der Waals surface area contributed by atoms with Crippen LogP contribution in [-0.2, 0) is 24.2 Å². The van der Waals surface area contributed by atoms with Crippen LogP contribution in [-0.4, -0.2) is 32.9 Å². The van der Waals surface area contributed by atoms with Gasteiger partial charge in [-0.2, -0.15) is 5.10 Å². The predicted molar refractivity (Wildman–Crippen MR) is 82.0 cm³/mol. The molecule has 0 radical (unpaired) electrons. The summed E-state index contributed by atoms with van der Waals surface area (Å²) in [6, 6.07) is 0. The van der Waals surface area contributed by atoms with Crippen molar-refractivity contribution in [3.05, 3.63) is 17.5 Å². The number of carbonyl (C=O) groups is 1. The molecule has 0 aliphatic carbocycles. The van der Waals surface area contributed by atoms with Crippen LogP contribution in [0.3, 0.4) is 0 Å². The summed E-state index contributed by atoms with van der Waals surface area (Å²) in [6.45, 7) is 14.5. The van der Waals surface area contributed by atoms with Crippen LogP contribution in [0.2, 0.25) is 0 Å². The van der Waals surface area contributed by atoms with Gasteiger partial charge in [0.15, 0.2) is 0 Å². The first-order valence-electron chi connectivity index (χ1n) is 7.57. The molecule has 0 atom stereocenters. The summed E-state index contributed by atoms with van der Waals surface area (Å²) in [7, 11) is 0. The maximum Gasteiger partial charge on any atom is 0.410 e. The van der Waals surface area contributed by atoms with Crippen LogP contribution < -0.4 is 0 Å². The summed E-state index contributed by atoms with van der Waals surface area (Å²) in [6.07, 6.45) is 2.49. The molecule has 0 bridgehead atoms. The van der Waals surface area contributed by atoms with Gasteiger partial charge in [0.1, 0.15) is 5.60 Å². The highest BCUT2D eigenvalue weighted by molar-refractivity contribution is 5.68. The van der Waals surface area contributed by atoms with Crippen LogP contribution in [0.15, 0.2) is 6.20 Å². The number of ether oxygens (including phenoxy) is 1. The molecule has 118 valence electrons. The van der Waals surface area contributed by atoms with Gasteiger partial charge < -0.3 is 9.64 Å². The molecule has 1 aliphatic heterocycles. The minimum atomic E-state index is -0.451. The molecule has 2 rings (SSSR count). The zero-order valence-electron chi connectivity index (χ0n) is 14.1. The highest BCUT2D eigenvalue weighted by Crippen LogP contribution is 2.24. The Bertz CT molecular complexity index is 521. The van der Waals surface area contributed by atoms with Crippen LogP contribution in [0.1, 0.15) is 52.8 Å². The zero-order valence-corrected chi connectivity index (χ0v) is 14.1. The minimum absolute atomic E-state index is 0.197. The summed E-state index contributed by atoms with van der Waals surface area (Å²) >= 11 is 0. The second-order valence-corrected chi connectivity index (χ2v) is 7.99. The van der Waals surface area contributed by atoms with E-state index < -0.39 is 5.60 Å². The number of hydrogen-bond donors (Lipinski definition) is 0. The fourth-order valence-corrected chi connectivity index (χ4v) is 2.46. The van der Waals surface area contributed by atoms with Gasteiger partial charge in [-0.1, -0.05) is 20.8 Å². The summed E-state index contributed by atoms with van der Waals surface area (Å²) in [5, 5.41) is 4.49. The van der Waals surface area contributed by atoms with Crippen molar-refractivity contribution in [1.82, 2.24) is 14.7 Å². The topological polar surface area (TPSA) is 47.4 Å². The van der Waals surface area contributed by atoms with E-state index in [-0.39, 0.29) is 11.5 Å². The van der Waals surface area contributed by atoms with Crippen molar-refractivity contribution in [3.8, 4) is 0 Å². The molecule has 0 fully saturated rings. The Morgan fingerprint density at radius 1 is 1.29 bits per heavy atom. The third kappa shape index (κ3) is 4.22. The molecular weight excluding hydrogens is 266 g/mol. The van der Waals surface area contributed by atoms with Gasteiger partial charge in [0.05, 0.1) is 12.7 Å². The second-order valence-electron chi connectivity index (χ2n) is 7.99. The summed E-state index contributed by atoms with van der Waals surface area (Å²) in [4.78, 5) is 13.9. The second kappa shape index (κ2) is 5.35. The standard InChI is InChI=1S/C16H27N3O2/c1-15(2,3)11-19-13-7-8-18(10-12(13)9-17-19)14(20)21-16(4,5)6/h9H,7-8,10-11H2,1-6H3.